The smallest absolute Gasteiger partial charge is 0.253 e. The number of pyridine rings is 1. The van der Waals surface area contributed by atoms with Gasteiger partial charge in [-0.05, 0) is 6.07 Å². The first kappa shape index (κ1) is 8.58. The molecule has 1 heterocycles. The van der Waals surface area contributed by atoms with E-state index >= 15 is 0 Å². The average Bonchev–Trinajstić information content (AvgIpc) is 2.05. The number of nitrogens with zero attached hydrogens (tertiary/aromatic N) is 1. The van der Waals surface area contributed by atoms with Gasteiger partial charge in [-0.2, -0.15) is 4.39 Å². The standard InChI is InChI=1S/C7H6F2N2O/c8-4-11-7(12)5-1-2-10-6(9)3-5/h1-3H,4H2,(H,11,12). The highest BCUT2D eigenvalue weighted by atomic mass is 19.1. The Morgan fingerprint density at radius 2 is 2.42 bits per heavy atom. The van der Waals surface area contributed by atoms with Gasteiger partial charge in [0.25, 0.3) is 5.91 Å². The molecule has 0 saturated heterocycles. The molecule has 12 heavy (non-hydrogen) atoms. The van der Waals surface area contributed by atoms with Crippen LogP contribution in [-0.2, 0) is 0 Å². The minimum Gasteiger partial charge on any atom is -0.325 e. The topological polar surface area (TPSA) is 42.0 Å². The number of hydrogen-bond acceptors (Lipinski definition) is 2. The first-order valence-electron chi connectivity index (χ1n) is 3.20. The summed E-state index contributed by atoms with van der Waals surface area (Å²) in [5.41, 5.74) is 0.0557. The average molecular weight is 172 g/mol. The van der Waals surface area contributed by atoms with Crippen molar-refractivity contribution in [3.05, 3.63) is 29.8 Å². The summed E-state index contributed by atoms with van der Waals surface area (Å²) >= 11 is 0. The van der Waals surface area contributed by atoms with E-state index in [1.807, 2.05) is 5.32 Å². The SMILES string of the molecule is O=C(NCF)c1ccnc(F)c1. The second-order valence-electron chi connectivity index (χ2n) is 2.01. The van der Waals surface area contributed by atoms with E-state index in [-0.39, 0.29) is 5.56 Å². The molecule has 0 spiro atoms. The lowest BCUT2D eigenvalue weighted by Gasteiger charge is -1.98. The molecule has 0 aliphatic heterocycles. The summed E-state index contributed by atoms with van der Waals surface area (Å²) in [6.45, 7) is -0.969. The van der Waals surface area contributed by atoms with Gasteiger partial charge in [-0.1, -0.05) is 0 Å². The zero-order valence-electron chi connectivity index (χ0n) is 6.05. The van der Waals surface area contributed by atoms with Crippen LogP contribution in [0.4, 0.5) is 8.78 Å². The number of amides is 1. The van der Waals surface area contributed by atoms with Crippen LogP contribution in [0.15, 0.2) is 18.3 Å². The van der Waals surface area contributed by atoms with Crippen LogP contribution in [0.25, 0.3) is 0 Å². The van der Waals surface area contributed by atoms with Crippen LogP contribution in [0.1, 0.15) is 10.4 Å². The monoisotopic (exact) mass is 172 g/mol. The van der Waals surface area contributed by atoms with E-state index in [2.05, 4.69) is 4.98 Å². The van der Waals surface area contributed by atoms with E-state index in [0.717, 1.165) is 12.3 Å². The fraction of sp³-hybridized carbons (Fsp3) is 0.143. The molecule has 1 aromatic heterocycles. The van der Waals surface area contributed by atoms with Crippen molar-refractivity contribution >= 4 is 5.91 Å². The number of rotatable bonds is 2. The number of nitrogens with one attached hydrogen (secondary N) is 1. The maximum absolute atomic E-state index is 12.4. The molecule has 0 bridgehead atoms. The minimum absolute atomic E-state index is 0.0557. The highest BCUT2D eigenvalue weighted by Gasteiger charge is 2.04. The Morgan fingerprint density at radius 1 is 1.67 bits per heavy atom. The molecule has 0 aliphatic carbocycles. The van der Waals surface area contributed by atoms with Gasteiger partial charge in [0.15, 0.2) is 6.80 Å². The third kappa shape index (κ3) is 1.98. The van der Waals surface area contributed by atoms with Crippen LogP contribution < -0.4 is 5.32 Å². The second kappa shape index (κ2) is 3.75. The molecule has 0 fully saturated rings. The van der Waals surface area contributed by atoms with Gasteiger partial charge in [0.2, 0.25) is 5.95 Å². The first-order valence-corrected chi connectivity index (χ1v) is 3.20. The van der Waals surface area contributed by atoms with Crippen LogP contribution >= 0.6 is 0 Å². The van der Waals surface area contributed by atoms with Gasteiger partial charge in [-0.3, -0.25) is 4.79 Å². The van der Waals surface area contributed by atoms with Gasteiger partial charge in [0.1, 0.15) is 0 Å². The molecule has 1 amide bonds. The zero-order valence-corrected chi connectivity index (χ0v) is 6.05. The molecule has 5 heteroatoms. The fourth-order valence-corrected chi connectivity index (χ4v) is 0.706. The van der Waals surface area contributed by atoms with Crippen molar-refractivity contribution in [2.75, 3.05) is 6.80 Å². The first-order chi connectivity index (χ1) is 5.74. The number of alkyl halides is 1. The van der Waals surface area contributed by atoms with Gasteiger partial charge in [-0.25, -0.2) is 9.37 Å². The summed E-state index contributed by atoms with van der Waals surface area (Å²) in [6, 6.07) is 2.24. The summed E-state index contributed by atoms with van der Waals surface area (Å²) in [5, 5.41) is 1.89. The third-order valence-electron chi connectivity index (χ3n) is 1.22. The summed E-state index contributed by atoms with van der Waals surface area (Å²) in [6.07, 6.45) is 1.14. The van der Waals surface area contributed by atoms with Crippen LogP contribution in [0.3, 0.4) is 0 Å². The van der Waals surface area contributed by atoms with Crippen molar-refractivity contribution < 1.29 is 13.6 Å². The maximum atomic E-state index is 12.4. The van der Waals surface area contributed by atoms with E-state index in [1.165, 1.54) is 6.07 Å². The number of hydrogen-bond donors (Lipinski definition) is 1. The Morgan fingerprint density at radius 3 is 3.00 bits per heavy atom. The molecule has 1 rings (SSSR count). The molecule has 0 unspecified atom stereocenters. The van der Waals surface area contributed by atoms with Crippen LogP contribution in [-0.4, -0.2) is 17.7 Å². The van der Waals surface area contributed by atoms with Crippen molar-refractivity contribution in [3.8, 4) is 0 Å². The number of carbonyl (C=O) groups is 1. The van der Waals surface area contributed by atoms with E-state index in [4.69, 9.17) is 0 Å². The summed E-state index contributed by atoms with van der Waals surface area (Å²) in [4.78, 5) is 14.1. The molecule has 0 radical (unpaired) electrons. The van der Waals surface area contributed by atoms with Gasteiger partial charge in [0, 0.05) is 17.8 Å². The number of carbonyl (C=O) groups excluding carboxylic acids is 1. The van der Waals surface area contributed by atoms with Crippen LogP contribution in [0.5, 0.6) is 0 Å². The van der Waals surface area contributed by atoms with E-state index in [0.29, 0.717) is 0 Å². The molecule has 0 atom stereocenters. The molecule has 1 aromatic rings. The van der Waals surface area contributed by atoms with E-state index in [1.54, 1.807) is 0 Å². The Kier molecular flexibility index (Phi) is 2.68. The summed E-state index contributed by atoms with van der Waals surface area (Å²) < 4.78 is 24.0. The van der Waals surface area contributed by atoms with Crippen molar-refractivity contribution in [1.29, 1.82) is 0 Å². The predicted molar refractivity (Wildman–Crippen MR) is 37.6 cm³/mol. The molecular formula is C7H6F2N2O. The molecule has 3 nitrogen and oxygen atoms in total. The van der Waals surface area contributed by atoms with Gasteiger partial charge in [0.05, 0.1) is 0 Å². The Labute approximate surface area is 67.4 Å². The quantitative estimate of drug-likeness (QED) is 0.531. The third-order valence-corrected chi connectivity index (χ3v) is 1.22. The van der Waals surface area contributed by atoms with Gasteiger partial charge in [-0.15, -0.1) is 0 Å². The molecular weight excluding hydrogens is 166 g/mol. The lowest BCUT2D eigenvalue weighted by molar-refractivity contribution is 0.0936. The minimum atomic E-state index is -0.969. The summed E-state index contributed by atoms with van der Waals surface area (Å²) in [7, 11) is 0. The Balaban J connectivity index is 2.81. The highest BCUT2D eigenvalue weighted by Crippen LogP contribution is 1.99. The van der Waals surface area contributed by atoms with Gasteiger partial charge < -0.3 is 5.32 Å². The molecule has 0 saturated carbocycles. The van der Waals surface area contributed by atoms with Crippen molar-refractivity contribution in [1.82, 2.24) is 10.3 Å². The molecule has 1 N–H and O–H groups in total. The highest BCUT2D eigenvalue weighted by molar-refractivity contribution is 5.93. The fourth-order valence-electron chi connectivity index (χ4n) is 0.706. The molecule has 64 valence electrons. The van der Waals surface area contributed by atoms with Crippen LogP contribution in [0, 0.1) is 5.95 Å². The van der Waals surface area contributed by atoms with Crippen molar-refractivity contribution in [3.63, 3.8) is 0 Å². The maximum Gasteiger partial charge on any atom is 0.253 e. The predicted octanol–water partition coefficient (Wildman–Crippen LogP) is 0.877. The van der Waals surface area contributed by atoms with Crippen LogP contribution in [0.2, 0.25) is 0 Å². The lowest BCUT2D eigenvalue weighted by atomic mass is 10.2. The van der Waals surface area contributed by atoms with Crippen molar-refractivity contribution in [2.24, 2.45) is 0 Å². The summed E-state index contributed by atoms with van der Waals surface area (Å²) in [5.74, 6) is -1.42. The van der Waals surface area contributed by atoms with E-state index < -0.39 is 18.7 Å². The number of aromatic nitrogens is 1. The van der Waals surface area contributed by atoms with Gasteiger partial charge >= 0.3 is 0 Å². The normalized spacial score (nSPS) is 9.50. The second-order valence-corrected chi connectivity index (χ2v) is 2.01. The number of halogens is 2. The Bertz CT molecular complexity index is 290. The largest absolute Gasteiger partial charge is 0.325 e. The molecule has 0 aromatic carbocycles. The zero-order chi connectivity index (χ0) is 8.97. The Hall–Kier alpha value is -1.52. The lowest BCUT2D eigenvalue weighted by Crippen LogP contribution is -2.22. The van der Waals surface area contributed by atoms with E-state index in [9.17, 15) is 13.6 Å². The van der Waals surface area contributed by atoms with Crippen molar-refractivity contribution in [2.45, 2.75) is 0 Å². The molecule has 0 aliphatic rings.